The fraction of sp³-hybridized carbons (Fsp3) is 0.619. The van der Waals surface area contributed by atoms with Gasteiger partial charge in [-0.1, -0.05) is 56.9 Å². The summed E-state index contributed by atoms with van der Waals surface area (Å²) in [5.74, 6) is 1.65. The maximum atomic E-state index is 12.8. The third-order valence-electron chi connectivity index (χ3n) is 5.03. The van der Waals surface area contributed by atoms with Gasteiger partial charge in [-0.15, -0.1) is 0 Å². The molecule has 1 heteroatoms. The lowest BCUT2D eigenvalue weighted by Crippen LogP contribution is -2.13. The average molecular weight is 302 g/mol. The molecule has 0 amide bonds. The number of hydrogen-bond acceptors (Lipinski definition) is 0. The molecule has 0 radical (unpaired) electrons. The summed E-state index contributed by atoms with van der Waals surface area (Å²) in [6, 6.07) is 6.90. The van der Waals surface area contributed by atoms with Crippen LogP contribution in [0, 0.1) is 17.7 Å². The van der Waals surface area contributed by atoms with Crippen LogP contribution in [0.4, 0.5) is 4.39 Å². The van der Waals surface area contributed by atoms with Crippen molar-refractivity contribution in [3.63, 3.8) is 0 Å². The first-order valence-corrected chi connectivity index (χ1v) is 9.19. The summed E-state index contributed by atoms with van der Waals surface area (Å²) < 4.78 is 12.8. The van der Waals surface area contributed by atoms with Crippen molar-refractivity contribution in [3.8, 4) is 0 Å². The highest BCUT2D eigenvalue weighted by molar-refractivity contribution is 5.16. The molecule has 0 atom stereocenters. The Morgan fingerprint density at radius 2 is 1.77 bits per heavy atom. The molecule has 1 fully saturated rings. The van der Waals surface area contributed by atoms with Gasteiger partial charge < -0.3 is 0 Å². The normalized spacial score (nSPS) is 22.3. The number of halogens is 1. The van der Waals surface area contributed by atoms with E-state index in [4.69, 9.17) is 0 Å². The maximum Gasteiger partial charge on any atom is 0.123 e. The SMILES string of the molecule is CCCCCC1CCC(/C=C/CCc2ccc(F)cc2)CC1. The van der Waals surface area contributed by atoms with E-state index >= 15 is 0 Å². The molecule has 1 aliphatic carbocycles. The smallest absolute Gasteiger partial charge is 0.123 e. The van der Waals surface area contributed by atoms with Crippen molar-refractivity contribution in [2.24, 2.45) is 11.8 Å². The lowest BCUT2D eigenvalue weighted by Gasteiger charge is -2.26. The van der Waals surface area contributed by atoms with Crippen LogP contribution in [0.25, 0.3) is 0 Å². The van der Waals surface area contributed by atoms with Gasteiger partial charge in [0.15, 0.2) is 0 Å². The third kappa shape index (κ3) is 6.34. The van der Waals surface area contributed by atoms with Crippen molar-refractivity contribution in [2.45, 2.75) is 71.1 Å². The number of benzene rings is 1. The second-order valence-corrected chi connectivity index (χ2v) is 6.87. The van der Waals surface area contributed by atoms with Gasteiger partial charge in [0.1, 0.15) is 5.82 Å². The number of rotatable bonds is 8. The van der Waals surface area contributed by atoms with Crippen LogP contribution in [0.15, 0.2) is 36.4 Å². The Morgan fingerprint density at radius 1 is 1.05 bits per heavy atom. The molecule has 0 aromatic heterocycles. The summed E-state index contributed by atoms with van der Waals surface area (Å²) in [4.78, 5) is 0. The van der Waals surface area contributed by atoms with E-state index in [0.29, 0.717) is 0 Å². The Morgan fingerprint density at radius 3 is 2.45 bits per heavy atom. The lowest BCUT2D eigenvalue weighted by atomic mass is 9.79. The average Bonchev–Trinajstić information content (AvgIpc) is 2.55. The number of hydrogen-bond donors (Lipinski definition) is 0. The van der Waals surface area contributed by atoms with E-state index in [1.807, 2.05) is 12.1 Å². The van der Waals surface area contributed by atoms with Crippen LogP contribution in [0.3, 0.4) is 0 Å². The summed E-state index contributed by atoms with van der Waals surface area (Å²) in [6.45, 7) is 2.29. The molecule has 2 rings (SSSR count). The monoisotopic (exact) mass is 302 g/mol. The molecule has 0 aliphatic heterocycles. The summed E-state index contributed by atoms with van der Waals surface area (Å²) in [5, 5.41) is 0. The summed E-state index contributed by atoms with van der Waals surface area (Å²) in [6.07, 6.45) is 18.1. The van der Waals surface area contributed by atoms with Crippen molar-refractivity contribution in [3.05, 3.63) is 47.8 Å². The Balaban J connectivity index is 1.60. The standard InChI is InChI=1S/C21H31F/c1-2-3-4-7-18-10-12-19(13-11-18)8-5-6-9-20-14-16-21(22)17-15-20/h5,8,14-19H,2-4,6-7,9-13H2,1H3/b8-5+. The van der Waals surface area contributed by atoms with Gasteiger partial charge in [-0.25, -0.2) is 4.39 Å². The van der Waals surface area contributed by atoms with E-state index in [1.165, 1.54) is 56.9 Å². The van der Waals surface area contributed by atoms with Gasteiger partial charge in [-0.05, 0) is 68.1 Å². The van der Waals surface area contributed by atoms with E-state index in [-0.39, 0.29) is 5.82 Å². The molecule has 0 N–H and O–H groups in total. The van der Waals surface area contributed by atoms with Crippen molar-refractivity contribution >= 4 is 0 Å². The molecule has 0 spiro atoms. The highest BCUT2D eigenvalue weighted by atomic mass is 19.1. The van der Waals surface area contributed by atoms with Crippen LogP contribution in [0.5, 0.6) is 0 Å². The summed E-state index contributed by atoms with van der Waals surface area (Å²) in [5.41, 5.74) is 1.23. The molecule has 1 aliphatic rings. The predicted octanol–water partition coefficient (Wildman–Crippen LogP) is 6.70. The first kappa shape index (κ1) is 17.2. The Labute approximate surface area is 135 Å². The minimum atomic E-state index is -0.144. The summed E-state index contributed by atoms with van der Waals surface area (Å²) in [7, 11) is 0. The molecular weight excluding hydrogens is 271 g/mol. The van der Waals surface area contributed by atoms with E-state index in [0.717, 1.165) is 24.7 Å². The fourth-order valence-corrected chi connectivity index (χ4v) is 3.54. The molecule has 0 saturated heterocycles. The zero-order valence-electron chi connectivity index (χ0n) is 14.1. The largest absolute Gasteiger partial charge is 0.207 e. The van der Waals surface area contributed by atoms with E-state index in [2.05, 4.69) is 19.1 Å². The molecule has 1 aromatic carbocycles. The van der Waals surface area contributed by atoms with Crippen LogP contribution in [0.1, 0.15) is 70.3 Å². The Kier molecular flexibility index (Phi) is 7.70. The van der Waals surface area contributed by atoms with Crippen molar-refractivity contribution < 1.29 is 4.39 Å². The number of allylic oxidation sites excluding steroid dienone is 2. The summed E-state index contributed by atoms with van der Waals surface area (Å²) >= 11 is 0. The molecule has 0 bridgehead atoms. The second kappa shape index (κ2) is 9.82. The van der Waals surface area contributed by atoms with Crippen LogP contribution < -0.4 is 0 Å². The van der Waals surface area contributed by atoms with E-state index < -0.39 is 0 Å². The third-order valence-corrected chi connectivity index (χ3v) is 5.03. The Bertz CT molecular complexity index is 424. The van der Waals surface area contributed by atoms with Gasteiger partial charge >= 0.3 is 0 Å². The molecule has 0 unspecified atom stereocenters. The zero-order chi connectivity index (χ0) is 15.6. The quantitative estimate of drug-likeness (QED) is 0.370. The van der Waals surface area contributed by atoms with Gasteiger partial charge in [-0.2, -0.15) is 0 Å². The van der Waals surface area contributed by atoms with E-state index in [1.54, 1.807) is 12.1 Å². The molecular formula is C21H31F. The molecule has 122 valence electrons. The number of aryl methyl sites for hydroxylation is 1. The highest BCUT2D eigenvalue weighted by Gasteiger charge is 2.18. The topological polar surface area (TPSA) is 0 Å². The first-order valence-electron chi connectivity index (χ1n) is 9.19. The highest BCUT2D eigenvalue weighted by Crippen LogP contribution is 2.32. The fourth-order valence-electron chi connectivity index (χ4n) is 3.54. The van der Waals surface area contributed by atoms with Crippen LogP contribution in [-0.2, 0) is 6.42 Å². The van der Waals surface area contributed by atoms with Gasteiger partial charge in [-0.3, -0.25) is 0 Å². The molecule has 22 heavy (non-hydrogen) atoms. The van der Waals surface area contributed by atoms with Gasteiger partial charge in [0.05, 0.1) is 0 Å². The van der Waals surface area contributed by atoms with Gasteiger partial charge in [0, 0.05) is 0 Å². The van der Waals surface area contributed by atoms with E-state index in [9.17, 15) is 4.39 Å². The number of unbranched alkanes of at least 4 members (excludes halogenated alkanes) is 2. The lowest BCUT2D eigenvalue weighted by molar-refractivity contribution is 0.289. The molecule has 1 aromatic rings. The van der Waals surface area contributed by atoms with Crippen molar-refractivity contribution in [1.29, 1.82) is 0 Å². The minimum Gasteiger partial charge on any atom is -0.207 e. The maximum absolute atomic E-state index is 12.8. The first-order chi connectivity index (χ1) is 10.8. The second-order valence-electron chi connectivity index (χ2n) is 6.87. The van der Waals surface area contributed by atoms with Crippen LogP contribution in [-0.4, -0.2) is 0 Å². The Hall–Kier alpha value is -1.11. The van der Waals surface area contributed by atoms with Crippen LogP contribution in [0.2, 0.25) is 0 Å². The molecule has 0 heterocycles. The van der Waals surface area contributed by atoms with Crippen LogP contribution >= 0.6 is 0 Å². The molecule has 0 nitrogen and oxygen atoms in total. The van der Waals surface area contributed by atoms with Gasteiger partial charge in [0.2, 0.25) is 0 Å². The predicted molar refractivity (Wildman–Crippen MR) is 93.5 cm³/mol. The molecule has 1 saturated carbocycles. The minimum absolute atomic E-state index is 0.144. The van der Waals surface area contributed by atoms with Crippen molar-refractivity contribution in [1.82, 2.24) is 0 Å². The van der Waals surface area contributed by atoms with Gasteiger partial charge in [0.25, 0.3) is 0 Å². The zero-order valence-corrected chi connectivity index (χ0v) is 14.1. The van der Waals surface area contributed by atoms with Crippen molar-refractivity contribution in [2.75, 3.05) is 0 Å².